The normalized spacial score (nSPS) is 28.4. The summed E-state index contributed by atoms with van der Waals surface area (Å²) in [5.74, 6) is 3.33. The van der Waals surface area contributed by atoms with E-state index in [1.54, 1.807) is 6.07 Å². The molecule has 0 radical (unpaired) electrons. The van der Waals surface area contributed by atoms with Gasteiger partial charge in [-0.3, -0.25) is 4.39 Å². The predicted octanol–water partition coefficient (Wildman–Crippen LogP) is 8.52. The van der Waals surface area contributed by atoms with Crippen LogP contribution in [0.25, 0.3) is 0 Å². The third kappa shape index (κ3) is 6.29. The number of aryl methyl sites for hydroxylation is 1. The summed E-state index contributed by atoms with van der Waals surface area (Å²) in [5, 5.41) is 0. The van der Waals surface area contributed by atoms with Crippen molar-refractivity contribution in [3.63, 3.8) is 0 Å². The molecule has 1 aromatic rings. The molecule has 2 heteroatoms. The van der Waals surface area contributed by atoms with Gasteiger partial charge in [0, 0.05) is 0 Å². The molecule has 2 aliphatic carbocycles. The molecule has 2 saturated carbocycles. The smallest absolute Gasteiger partial charge is 0.126 e. The first-order chi connectivity index (χ1) is 13.7. The molecular weight excluding hydrogens is 350 g/mol. The summed E-state index contributed by atoms with van der Waals surface area (Å²) in [6.07, 6.45) is 18.0. The van der Waals surface area contributed by atoms with Gasteiger partial charge in [0.2, 0.25) is 0 Å². The van der Waals surface area contributed by atoms with Crippen LogP contribution in [0.4, 0.5) is 8.78 Å². The van der Waals surface area contributed by atoms with Crippen LogP contribution in [0.5, 0.6) is 0 Å². The molecule has 0 heterocycles. The molecule has 0 aliphatic heterocycles. The lowest BCUT2D eigenvalue weighted by atomic mass is 9.68. The van der Waals surface area contributed by atoms with Crippen molar-refractivity contribution >= 4 is 0 Å². The molecule has 1 aromatic carbocycles. The molecule has 0 unspecified atom stereocenters. The maximum absolute atomic E-state index is 13.9. The van der Waals surface area contributed by atoms with Crippen molar-refractivity contribution in [1.29, 1.82) is 0 Å². The highest BCUT2D eigenvalue weighted by molar-refractivity contribution is 5.26. The molecule has 0 amide bonds. The van der Waals surface area contributed by atoms with Crippen LogP contribution < -0.4 is 0 Å². The number of benzene rings is 1. The van der Waals surface area contributed by atoms with Gasteiger partial charge >= 0.3 is 0 Å². The molecule has 3 rings (SSSR count). The van der Waals surface area contributed by atoms with E-state index in [4.69, 9.17) is 0 Å². The van der Waals surface area contributed by atoms with E-state index in [0.717, 1.165) is 36.2 Å². The Morgan fingerprint density at radius 3 is 2.04 bits per heavy atom. The zero-order valence-corrected chi connectivity index (χ0v) is 17.9. The standard InChI is InChI=1S/C26H40F2/c1-20-8-11-25(19-26(20)28)24-16-14-23(15-17-24)22-12-9-21(10-13-22)7-5-3-2-4-6-18-27/h8,11,19,21-24H,2-7,9-10,12-18H2,1H3. The Morgan fingerprint density at radius 1 is 0.786 bits per heavy atom. The molecule has 0 saturated heterocycles. The Bertz CT molecular complexity index is 566. The van der Waals surface area contributed by atoms with Gasteiger partial charge in [0.15, 0.2) is 0 Å². The predicted molar refractivity (Wildman–Crippen MR) is 115 cm³/mol. The zero-order valence-electron chi connectivity index (χ0n) is 17.9. The van der Waals surface area contributed by atoms with Crippen LogP contribution in [0.3, 0.4) is 0 Å². The van der Waals surface area contributed by atoms with Gasteiger partial charge in [0.25, 0.3) is 0 Å². The third-order valence-electron chi connectivity index (χ3n) is 7.74. The Morgan fingerprint density at radius 2 is 1.39 bits per heavy atom. The lowest BCUT2D eigenvalue weighted by molar-refractivity contribution is 0.155. The molecule has 0 aromatic heterocycles. The largest absolute Gasteiger partial charge is 0.251 e. The second-order valence-corrected chi connectivity index (χ2v) is 9.65. The van der Waals surface area contributed by atoms with Gasteiger partial charge < -0.3 is 0 Å². The number of rotatable bonds is 9. The van der Waals surface area contributed by atoms with E-state index < -0.39 is 0 Å². The SMILES string of the molecule is Cc1ccc(C2CCC(C3CCC(CCCCCCCF)CC3)CC2)cc1F. The summed E-state index contributed by atoms with van der Waals surface area (Å²) in [4.78, 5) is 0. The molecule has 0 spiro atoms. The van der Waals surface area contributed by atoms with Crippen molar-refractivity contribution in [3.8, 4) is 0 Å². The van der Waals surface area contributed by atoms with Crippen LogP contribution >= 0.6 is 0 Å². The molecular formula is C26H40F2. The first-order valence-corrected chi connectivity index (χ1v) is 12.0. The summed E-state index contributed by atoms with van der Waals surface area (Å²) in [7, 11) is 0. The minimum Gasteiger partial charge on any atom is -0.251 e. The minimum atomic E-state index is -0.145. The van der Waals surface area contributed by atoms with E-state index in [1.165, 1.54) is 82.6 Å². The van der Waals surface area contributed by atoms with Crippen molar-refractivity contribution in [3.05, 3.63) is 35.1 Å². The summed E-state index contributed by atoms with van der Waals surface area (Å²) < 4.78 is 26.0. The van der Waals surface area contributed by atoms with E-state index in [2.05, 4.69) is 6.07 Å². The van der Waals surface area contributed by atoms with Gasteiger partial charge in [0.05, 0.1) is 6.67 Å². The molecule has 0 bridgehead atoms. The van der Waals surface area contributed by atoms with Crippen LogP contribution in [0, 0.1) is 30.5 Å². The lowest BCUT2D eigenvalue weighted by Crippen LogP contribution is -2.25. The Hall–Kier alpha value is -0.920. The van der Waals surface area contributed by atoms with Crippen molar-refractivity contribution in [2.24, 2.45) is 17.8 Å². The highest BCUT2D eigenvalue weighted by atomic mass is 19.1. The van der Waals surface area contributed by atoms with E-state index in [1.807, 2.05) is 13.0 Å². The number of hydrogen-bond donors (Lipinski definition) is 0. The zero-order chi connectivity index (χ0) is 19.8. The Kier molecular flexibility index (Phi) is 8.80. The van der Waals surface area contributed by atoms with Crippen LogP contribution in [0.15, 0.2) is 18.2 Å². The van der Waals surface area contributed by atoms with E-state index in [-0.39, 0.29) is 12.5 Å². The summed E-state index contributed by atoms with van der Waals surface area (Å²) in [6, 6.07) is 5.87. The molecule has 28 heavy (non-hydrogen) atoms. The third-order valence-corrected chi connectivity index (χ3v) is 7.74. The van der Waals surface area contributed by atoms with E-state index in [9.17, 15) is 8.78 Å². The van der Waals surface area contributed by atoms with E-state index in [0.29, 0.717) is 5.92 Å². The second kappa shape index (κ2) is 11.3. The first kappa shape index (κ1) is 21.8. The van der Waals surface area contributed by atoms with Crippen molar-refractivity contribution in [2.75, 3.05) is 6.67 Å². The monoisotopic (exact) mass is 390 g/mol. The number of hydrogen-bond acceptors (Lipinski definition) is 0. The topological polar surface area (TPSA) is 0 Å². The number of unbranched alkanes of at least 4 members (excludes halogenated alkanes) is 4. The average molecular weight is 391 g/mol. The Balaban J connectivity index is 1.33. The van der Waals surface area contributed by atoms with Gasteiger partial charge in [0.1, 0.15) is 5.82 Å². The highest BCUT2D eigenvalue weighted by Gasteiger charge is 2.31. The van der Waals surface area contributed by atoms with Crippen LogP contribution in [0.1, 0.15) is 107 Å². The summed E-state index contributed by atoms with van der Waals surface area (Å²) in [5.41, 5.74) is 1.98. The van der Waals surface area contributed by atoms with Crippen molar-refractivity contribution in [1.82, 2.24) is 0 Å². The molecule has 2 aliphatic rings. The molecule has 0 nitrogen and oxygen atoms in total. The first-order valence-electron chi connectivity index (χ1n) is 12.0. The quantitative estimate of drug-likeness (QED) is 0.371. The van der Waals surface area contributed by atoms with Crippen LogP contribution in [-0.2, 0) is 0 Å². The van der Waals surface area contributed by atoms with Gasteiger partial charge in [-0.15, -0.1) is 0 Å². The van der Waals surface area contributed by atoms with Crippen molar-refractivity contribution in [2.45, 2.75) is 103 Å². The molecule has 0 atom stereocenters. The average Bonchev–Trinajstić information content (AvgIpc) is 2.73. The van der Waals surface area contributed by atoms with Crippen LogP contribution in [-0.4, -0.2) is 6.67 Å². The minimum absolute atomic E-state index is 0.0413. The van der Waals surface area contributed by atoms with Crippen LogP contribution in [0.2, 0.25) is 0 Å². The number of alkyl halides is 1. The fraction of sp³-hybridized carbons (Fsp3) is 0.769. The van der Waals surface area contributed by atoms with E-state index >= 15 is 0 Å². The Labute approximate surface area is 171 Å². The fourth-order valence-corrected chi connectivity index (χ4v) is 5.79. The van der Waals surface area contributed by atoms with Gasteiger partial charge in [-0.2, -0.15) is 0 Å². The molecule has 158 valence electrons. The summed E-state index contributed by atoms with van der Waals surface area (Å²) in [6.45, 7) is 1.70. The van der Waals surface area contributed by atoms with Crippen molar-refractivity contribution < 1.29 is 8.78 Å². The molecule has 0 N–H and O–H groups in total. The van der Waals surface area contributed by atoms with Gasteiger partial charge in [-0.25, -0.2) is 4.39 Å². The van der Waals surface area contributed by atoms with Gasteiger partial charge in [-0.1, -0.05) is 57.1 Å². The second-order valence-electron chi connectivity index (χ2n) is 9.65. The maximum Gasteiger partial charge on any atom is 0.126 e. The lowest BCUT2D eigenvalue weighted by Gasteiger charge is -2.38. The summed E-state index contributed by atoms with van der Waals surface area (Å²) >= 11 is 0. The fourth-order valence-electron chi connectivity index (χ4n) is 5.79. The van der Waals surface area contributed by atoms with Gasteiger partial charge in [-0.05, 0) is 92.7 Å². The maximum atomic E-state index is 13.9. The number of halogens is 2. The molecule has 2 fully saturated rings. The highest BCUT2D eigenvalue weighted by Crippen LogP contribution is 2.44.